The molecule has 0 atom stereocenters. The molecule has 0 unspecified atom stereocenters. The van der Waals surface area contributed by atoms with Crippen molar-refractivity contribution in [2.75, 3.05) is 44.7 Å². The van der Waals surface area contributed by atoms with Gasteiger partial charge in [0.15, 0.2) is 0 Å². The molecule has 1 aromatic heterocycles. The van der Waals surface area contributed by atoms with Crippen LogP contribution in [-0.2, 0) is 14.8 Å². The third-order valence-corrected chi connectivity index (χ3v) is 6.74. The van der Waals surface area contributed by atoms with Gasteiger partial charge < -0.3 is 9.80 Å². The molecule has 1 aromatic carbocycles. The number of piperazine rings is 1. The summed E-state index contributed by atoms with van der Waals surface area (Å²) in [6.07, 6.45) is 1.59. The van der Waals surface area contributed by atoms with Gasteiger partial charge in [-0.3, -0.25) is 4.79 Å². The normalized spacial score (nSPS) is 14.7. The predicted molar refractivity (Wildman–Crippen MR) is 109 cm³/mol. The number of amides is 1. The smallest absolute Gasteiger partial charge is 0.243 e. The molecule has 152 valence electrons. The van der Waals surface area contributed by atoms with Crippen LogP contribution in [0.3, 0.4) is 0 Å². The van der Waals surface area contributed by atoms with E-state index in [1.165, 1.54) is 7.05 Å². The third-order valence-electron chi connectivity index (χ3n) is 4.92. The summed E-state index contributed by atoms with van der Waals surface area (Å²) in [6.45, 7) is 3.75. The molecule has 0 radical (unpaired) electrons. The minimum Gasteiger partial charge on any atom is -0.353 e. The van der Waals surface area contributed by atoms with Gasteiger partial charge in [0.05, 0.1) is 23.1 Å². The second-order valence-corrected chi connectivity index (χ2v) is 9.00. The van der Waals surface area contributed by atoms with Gasteiger partial charge in [-0.25, -0.2) is 13.4 Å². The average molecular weight is 414 g/mol. The lowest BCUT2D eigenvalue weighted by molar-refractivity contribution is -0.131. The molecule has 29 heavy (non-hydrogen) atoms. The summed E-state index contributed by atoms with van der Waals surface area (Å²) >= 11 is 0. The molecule has 1 saturated heterocycles. The fourth-order valence-corrected chi connectivity index (χ4v) is 4.23. The topological polar surface area (TPSA) is 97.6 Å². The summed E-state index contributed by atoms with van der Waals surface area (Å²) in [5.74, 6) is 0.469. The number of aromatic nitrogens is 1. The molecule has 3 rings (SSSR count). The number of benzene rings is 1. The Balaban J connectivity index is 1.59. The number of pyridine rings is 1. The minimum atomic E-state index is -3.72. The Morgan fingerprint density at radius 1 is 1.17 bits per heavy atom. The van der Waals surface area contributed by atoms with Gasteiger partial charge in [0.2, 0.25) is 15.9 Å². The minimum absolute atomic E-state index is 0.173. The van der Waals surface area contributed by atoms with E-state index in [9.17, 15) is 13.2 Å². The van der Waals surface area contributed by atoms with Crippen LogP contribution in [0.1, 0.15) is 11.1 Å². The van der Waals surface area contributed by atoms with Crippen molar-refractivity contribution >= 4 is 21.7 Å². The Kier molecular flexibility index (Phi) is 6.15. The third kappa shape index (κ3) is 4.72. The van der Waals surface area contributed by atoms with Gasteiger partial charge in [-0.15, -0.1) is 0 Å². The molecule has 1 amide bonds. The highest BCUT2D eigenvalue weighted by Crippen LogP contribution is 2.17. The lowest BCUT2D eigenvalue weighted by Gasteiger charge is -2.36. The van der Waals surface area contributed by atoms with Gasteiger partial charge in [-0.05, 0) is 31.2 Å². The number of hydrogen-bond acceptors (Lipinski definition) is 6. The standard InChI is InChI=1S/C20H23N5O3S/c1-16-3-5-18(6-4-16)29(27,28)23(2)15-20(26)25-11-9-24(10-12-25)19-13-17(14-21)7-8-22-19/h3-8,13H,9-12,15H2,1-2H3. The van der Waals surface area contributed by atoms with E-state index in [1.807, 2.05) is 11.8 Å². The van der Waals surface area contributed by atoms with Crippen molar-refractivity contribution in [2.24, 2.45) is 0 Å². The molecule has 0 spiro atoms. The van der Waals surface area contributed by atoms with Gasteiger partial charge in [-0.2, -0.15) is 9.57 Å². The zero-order valence-electron chi connectivity index (χ0n) is 16.4. The molecule has 1 fully saturated rings. The van der Waals surface area contributed by atoms with E-state index in [1.54, 1.807) is 47.5 Å². The molecule has 0 bridgehead atoms. The molecule has 2 aromatic rings. The quantitative estimate of drug-likeness (QED) is 0.731. The van der Waals surface area contributed by atoms with E-state index < -0.39 is 10.0 Å². The van der Waals surface area contributed by atoms with Crippen LogP contribution >= 0.6 is 0 Å². The van der Waals surface area contributed by atoms with Crippen molar-refractivity contribution in [3.05, 3.63) is 53.7 Å². The zero-order chi connectivity index (χ0) is 21.0. The van der Waals surface area contributed by atoms with Crippen LogP contribution in [0.25, 0.3) is 0 Å². The number of aryl methyl sites for hydroxylation is 1. The maximum atomic E-state index is 12.7. The Labute approximate surface area is 171 Å². The van der Waals surface area contributed by atoms with Crippen LogP contribution in [0, 0.1) is 18.3 Å². The molecule has 0 N–H and O–H groups in total. The molecule has 8 nitrogen and oxygen atoms in total. The molecule has 2 heterocycles. The van der Waals surface area contributed by atoms with Crippen molar-refractivity contribution in [3.8, 4) is 6.07 Å². The Morgan fingerprint density at radius 2 is 1.83 bits per heavy atom. The van der Waals surface area contributed by atoms with Gasteiger partial charge in [0, 0.05) is 39.4 Å². The first-order chi connectivity index (χ1) is 13.8. The van der Waals surface area contributed by atoms with E-state index in [4.69, 9.17) is 5.26 Å². The zero-order valence-corrected chi connectivity index (χ0v) is 17.3. The van der Waals surface area contributed by atoms with Gasteiger partial charge in [-0.1, -0.05) is 17.7 Å². The van der Waals surface area contributed by atoms with Crippen molar-refractivity contribution in [1.82, 2.24) is 14.2 Å². The number of carbonyl (C=O) groups excluding carboxylic acids is 1. The van der Waals surface area contributed by atoms with Gasteiger partial charge >= 0.3 is 0 Å². The first-order valence-corrected chi connectivity index (χ1v) is 10.7. The van der Waals surface area contributed by atoms with E-state index in [2.05, 4.69) is 11.1 Å². The highest BCUT2D eigenvalue weighted by molar-refractivity contribution is 7.89. The number of nitrogens with zero attached hydrogens (tertiary/aromatic N) is 5. The van der Waals surface area contributed by atoms with Crippen LogP contribution in [0.5, 0.6) is 0 Å². The molecule has 9 heteroatoms. The Hall–Kier alpha value is -2.96. The number of hydrogen-bond donors (Lipinski definition) is 0. The summed E-state index contributed by atoms with van der Waals surface area (Å²) < 4.78 is 26.4. The molecule has 1 aliphatic heterocycles. The van der Waals surface area contributed by atoms with Crippen molar-refractivity contribution in [1.29, 1.82) is 5.26 Å². The summed E-state index contributed by atoms with van der Waals surface area (Å²) in [5, 5.41) is 9.02. The van der Waals surface area contributed by atoms with E-state index in [0.29, 0.717) is 37.6 Å². The molecule has 1 aliphatic rings. The fraction of sp³-hybridized carbons (Fsp3) is 0.350. The van der Waals surface area contributed by atoms with Crippen LogP contribution < -0.4 is 4.90 Å². The maximum Gasteiger partial charge on any atom is 0.243 e. The number of carbonyl (C=O) groups is 1. The van der Waals surface area contributed by atoms with Crippen LogP contribution in [0.15, 0.2) is 47.5 Å². The number of anilines is 1. The van der Waals surface area contributed by atoms with Crippen molar-refractivity contribution in [3.63, 3.8) is 0 Å². The highest BCUT2D eigenvalue weighted by atomic mass is 32.2. The van der Waals surface area contributed by atoms with Gasteiger partial charge in [0.1, 0.15) is 5.82 Å². The Morgan fingerprint density at radius 3 is 2.45 bits per heavy atom. The van der Waals surface area contributed by atoms with E-state index in [-0.39, 0.29) is 17.3 Å². The highest BCUT2D eigenvalue weighted by Gasteiger charge is 2.27. The average Bonchev–Trinajstić information content (AvgIpc) is 2.74. The second kappa shape index (κ2) is 8.59. The SMILES string of the molecule is Cc1ccc(S(=O)(=O)N(C)CC(=O)N2CCN(c3cc(C#N)ccn3)CC2)cc1. The number of sulfonamides is 1. The monoisotopic (exact) mass is 413 g/mol. The predicted octanol–water partition coefficient (Wildman–Crippen LogP) is 1.23. The van der Waals surface area contributed by atoms with Crippen molar-refractivity contribution in [2.45, 2.75) is 11.8 Å². The molecule has 0 aliphatic carbocycles. The van der Waals surface area contributed by atoms with Crippen LogP contribution in [0.2, 0.25) is 0 Å². The fourth-order valence-electron chi connectivity index (χ4n) is 3.11. The maximum absolute atomic E-state index is 12.7. The molecule has 0 saturated carbocycles. The Bertz CT molecular complexity index is 1020. The largest absolute Gasteiger partial charge is 0.353 e. The van der Waals surface area contributed by atoms with E-state index >= 15 is 0 Å². The summed E-state index contributed by atoms with van der Waals surface area (Å²) in [5.41, 5.74) is 1.51. The van der Waals surface area contributed by atoms with Gasteiger partial charge in [0.25, 0.3) is 0 Å². The summed E-state index contributed by atoms with van der Waals surface area (Å²) in [7, 11) is -2.30. The lowest BCUT2D eigenvalue weighted by atomic mass is 10.2. The first kappa shape index (κ1) is 20.8. The first-order valence-electron chi connectivity index (χ1n) is 9.23. The summed E-state index contributed by atoms with van der Waals surface area (Å²) in [6, 6.07) is 12.0. The number of nitriles is 1. The van der Waals surface area contributed by atoms with E-state index in [0.717, 1.165) is 9.87 Å². The summed E-state index contributed by atoms with van der Waals surface area (Å²) in [4.78, 5) is 20.8. The lowest BCUT2D eigenvalue weighted by Crippen LogP contribution is -2.51. The second-order valence-electron chi connectivity index (χ2n) is 6.96. The molecular formula is C20H23N5O3S. The molecular weight excluding hydrogens is 390 g/mol. The number of rotatable bonds is 5. The van der Waals surface area contributed by atoms with Crippen molar-refractivity contribution < 1.29 is 13.2 Å². The number of likely N-dealkylation sites (N-methyl/N-ethyl adjacent to an activating group) is 1. The van der Waals surface area contributed by atoms with Crippen LogP contribution in [0.4, 0.5) is 5.82 Å². The van der Waals surface area contributed by atoms with Crippen LogP contribution in [-0.4, -0.2) is 68.3 Å².